The van der Waals surface area contributed by atoms with Crippen molar-refractivity contribution in [3.05, 3.63) is 29.8 Å². The molecule has 0 radical (unpaired) electrons. The molecule has 1 fully saturated rings. The summed E-state index contributed by atoms with van der Waals surface area (Å²) >= 11 is 0. The van der Waals surface area contributed by atoms with Crippen molar-refractivity contribution >= 4 is 17.5 Å². The van der Waals surface area contributed by atoms with E-state index in [1.54, 1.807) is 11.9 Å². The fraction of sp³-hybridized carbons (Fsp3) is 0.500. The van der Waals surface area contributed by atoms with Gasteiger partial charge >= 0.3 is 0 Å². The minimum Gasteiger partial charge on any atom is -0.353 e. The second-order valence-corrected chi connectivity index (χ2v) is 5.81. The van der Waals surface area contributed by atoms with Crippen molar-refractivity contribution in [2.24, 2.45) is 0 Å². The number of nitrogens with one attached hydrogen (secondary N) is 2. The molecule has 1 unspecified atom stereocenters. The van der Waals surface area contributed by atoms with Gasteiger partial charge in [0.15, 0.2) is 0 Å². The van der Waals surface area contributed by atoms with Gasteiger partial charge in [-0.3, -0.25) is 9.59 Å². The smallest absolute Gasteiger partial charge is 0.228 e. The van der Waals surface area contributed by atoms with E-state index in [2.05, 4.69) is 10.6 Å². The number of para-hydroxylation sites is 1. The minimum atomic E-state index is -0.00127. The zero-order valence-corrected chi connectivity index (χ0v) is 12.3. The van der Waals surface area contributed by atoms with Crippen molar-refractivity contribution in [3.8, 4) is 0 Å². The quantitative estimate of drug-likeness (QED) is 0.859. The first-order valence-corrected chi connectivity index (χ1v) is 7.53. The molecule has 1 aromatic carbocycles. The Hall–Kier alpha value is -1.88. The lowest BCUT2D eigenvalue weighted by atomic mass is 9.96. The number of rotatable bonds is 5. The van der Waals surface area contributed by atoms with Crippen molar-refractivity contribution in [2.75, 3.05) is 18.5 Å². The summed E-state index contributed by atoms with van der Waals surface area (Å²) in [7, 11) is 1.81. The van der Waals surface area contributed by atoms with Gasteiger partial charge in [-0.1, -0.05) is 18.2 Å². The molecule has 1 aromatic rings. The van der Waals surface area contributed by atoms with E-state index in [0.29, 0.717) is 25.4 Å². The van der Waals surface area contributed by atoms with Gasteiger partial charge in [0.1, 0.15) is 0 Å². The van der Waals surface area contributed by atoms with Gasteiger partial charge in [-0.2, -0.15) is 0 Å². The number of benzene rings is 1. The van der Waals surface area contributed by atoms with Crippen LogP contribution in [0.15, 0.2) is 24.3 Å². The Bertz CT molecular complexity index is 554. The predicted octanol–water partition coefficient (Wildman–Crippen LogP) is 1.35. The van der Waals surface area contributed by atoms with E-state index in [1.165, 1.54) is 0 Å². The van der Waals surface area contributed by atoms with Crippen LogP contribution in [0.1, 0.15) is 37.3 Å². The third kappa shape index (κ3) is 3.24. The molecule has 1 saturated carbocycles. The Labute approximate surface area is 124 Å². The largest absolute Gasteiger partial charge is 0.353 e. The van der Waals surface area contributed by atoms with E-state index < -0.39 is 0 Å². The van der Waals surface area contributed by atoms with Crippen LogP contribution in [0.25, 0.3) is 0 Å². The lowest BCUT2D eigenvalue weighted by Crippen LogP contribution is -2.39. The second-order valence-electron chi connectivity index (χ2n) is 5.81. The zero-order chi connectivity index (χ0) is 14.8. The number of carbonyl (C=O) groups is 2. The van der Waals surface area contributed by atoms with Crippen molar-refractivity contribution in [1.82, 2.24) is 10.6 Å². The molecule has 2 aliphatic rings. The summed E-state index contributed by atoms with van der Waals surface area (Å²) in [6.07, 6.45) is 3.11. The highest BCUT2D eigenvalue weighted by Gasteiger charge is 2.28. The Kier molecular flexibility index (Phi) is 3.92. The van der Waals surface area contributed by atoms with Crippen LogP contribution in [-0.4, -0.2) is 31.4 Å². The number of fused-ring (bicyclic) bond motifs is 1. The van der Waals surface area contributed by atoms with E-state index in [1.807, 2.05) is 24.3 Å². The Morgan fingerprint density at radius 1 is 1.33 bits per heavy atom. The summed E-state index contributed by atoms with van der Waals surface area (Å²) in [5.41, 5.74) is 2.08. The molecule has 1 heterocycles. The van der Waals surface area contributed by atoms with Crippen LogP contribution in [-0.2, 0) is 9.59 Å². The fourth-order valence-electron chi connectivity index (χ4n) is 2.71. The van der Waals surface area contributed by atoms with Gasteiger partial charge in [-0.15, -0.1) is 0 Å². The molecule has 3 rings (SSSR count). The molecule has 0 saturated heterocycles. The average Bonchev–Trinajstić information content (AvgIpc) is 3.28. The number of hydrogen-bond donors (Lipinski definition) is 2. The number of nitrogens with zero attached hydrogens (tertiary/aromatic N) is 1. The maximum atomic E-state index is 12.0. The highest BCUT2D eigenvalue weighted by atomic mass is 16.2. The number of amides is 2. The Balaban J connectivity index is 1.58. The molecule has 1 atom stereocenters. The molecule has 5 nitrogen and oxygen atoms in total. The molecule has 2 N–H and O–H groups in total. The molecular weight excluding hydrogens is 266 g/mol. The maximum absolute atomic E-state index is 12.0. The SMILES string of the molecule is CN1C(=O)CC(NCCC(=O)NC2CC2)c2ccccc21. The van der Waals surface area contributed by atoms with Crippen LogP contribution < -0.4 is 15.5 Å². The summed E-state index contributed by atoms with van der Waals surface area (Å²) in [4.78, 5) is 25.4. The lowest BCUT2D eigenvalue weighted by molar-refractivity contribution is -0.121. The van der Waals surface area contributed by atoms with E-state index in [0.717, 1.165) is 24.1 Å². The van der Waals surface area contributed by atoms with Crippen molar-refractivity contribution < 1.29 is 9.59 Å². The normalized spacial score (nSPS) is 21.1. The molecule has 5 heteroatoms. The zero-order valence-electron chi connectivity index (χ0n) is 12.3. The van der Waals surface area contributed by atoms with E-state index >= 15 is 0 Å². The van der Waals surface area contributed by atoms with Gasteiger partial charge in [0, 0.05) is 44.2 Å². The van der Waals surface area contributed by atoms with Gasteiger partial charge in [0.25, 0.3) is 0 Å². The van der Waals surface area contributed by atoms with E-state index in [4.69, 9.17) is 0 Å². The molecule has 1 aliphatic carbocycles. The molecule has 2 amide bonds. The van der Waals surface area contributed by atoms with Gasteiger partial charge in [0.05, 0.1) is 0 Å². The van der Waals surface area contributed by atoms with Crippen LogP contribution in [0.4, 0.5) is 5.69 Å². The topological polar surface area (TPSA) is 61.4 Å². The molecule has 0 spiro atoms. The predicted molar refractivity (Wildman–Crippen MR) is 81.0 cm³/mol. The van der Waals surface area contributed by atoms with Crippen molar-refractivity contribution in [3.63, 3.8) is 0 Å². The van der Waals surface area contributed by atoms with Crippen LogP contribution in [0.3, 0.4) is 0 Å². The molecule has 1 aliphatic heterocycles. The van der Waals surface area contributed by atoms with Crippen LogP contribution in [0.5, 0.6) is 0 Å². The summed E-state index contributed by atoms with van der Waals surface area (Å²) in [5, 5.41) is 6.32. The molecule has 0 bridgehead atoms. The van der Waals surface area contributed by atoms with Gasteiger partial charge in [0.2, 0.25) is 11.8 Å². The van der Waals surface area contributed by atoms with E-state index in [9.17, 15) is 9.59 Å². The molecule has 21 heavy (non-hydrogen) atoms. The van der Waals surface area contributed by atoms with Gasteiger partial charge in [-0.25, -0.2) is 0 Å². The minimum absolute atomic E-state index is 0.00127. The van der Waals surface area contributed by atoms with Crippen molar-refractivity contribution in [2.45, 2.75) is 37.8 Å². The third-order valence-corrected chi connectivity index (χ3v) is 4.11. The Morgan fingerprint density at radius 2 is 2.10 bits per heavy atom. The van der Waals surface area contributed by atoms with Gasteiger partial charge < -0.3 is 15.5 Å². The summed E-state index contributed by atoms with van der Waals surface area (Å²) in [6, 6.07) is 8.33. The van der Waals surface area contributed by atoms with Gasteiger partial charge in [-0.05, 0) is 24.5 Å². The average molecular weight is 287 g/mol. The van der Waals surface area contributed by atoms with Crippen LogP contribution >= 0.6 is 0 Å². The van der Waals surface area contributed by atoms with Crippen LogP contribution in [0, 0.1) is 0 Å². The number of hydrogen-bond acceptors (Lipinski definition) is 3. The first-order chi connectivity index (χ1) is 10.1. The summed E-state index contributed by atoms with van der Waals surface area (Å²) in [5.74, 6) is 0.200. The monoisotopic (exact) mass is 287 g/mol. The fourth-order valence-corrected chi connectivity index (χ4v) is 2.71. The number of carbonyl (C=O) groups excluding carboxylic acids is 2. The van der Waals surface area contributed by atoms with E-state index in [-0.39, 0.29) is 17.9 Å². The highest BCUT2D eigenvalue weighted by molar-refractivity contribution is 5.96. The molecule has 0 aromatic heterocycles. The summed E-state index contributed by atoms with van der Waals surface area (Å²) < 4.78 is 0. The van der Waals surface area contributed by atoms with Crippen molar-refractivity contribution in [1.29, 1.82) is 0 Å². The standard InChI is InChI=1S/C16H21N3O2/c1-19-14-5-3-2-4-12(14)13(10-16(19)21)17-9-8-15(20)18-11-6-7-11/h2-5,11,13,17H,6-10H2,1H3,(H,18,20). The van der Waals surface area contributed by atoms with Crippen LogP contribution in [0.2, 0.25) is 0 Å². The first-order valence-electron chi connectivity index (χ1n) is 7.53. The third-order valence-electron chi connectivity index (χ3n) is 4.11. The molecular formula is C16H21N3O2. The second kappa shape index (κ2) is 5.85. The number of anilines is 1. The lowest BCUT2D eigenvalue weighted by Gasteiger charge is -2.32. The maximum Gasteiger partial charge on any atom is 0.228 e. The highest BCUT2D eigenvalue weighted by Crippen LogP contribution is 2.33. The summed E-state index contributed by atoms with van der Waals surface area (Å²) in [6.45, 7) is 0.592. The molecule has 112 valence electrons. The Morgan fingerprint density at radius 3 is 2.86 bits per heavy atom. The first kappa shape index (κ1) is 14.1.